The highest BCUT2D eigenvalue weighted by Crippen LogP contribution is 2.52. The predicted octanol–water partition coefficient (Wildman–Crippen LogP) is -1.17. The Morgan fingerprint density at radius 3 is 2.64 bits per heavy atom. The second-order valence-electron chi connectivity index (χ2n) is 5.93. The van der Waals surface area contributed by atoms with Gasteiger partial charge in [-0.05, 0) is 19.4 Å². The molecule has 8 nitrogen and oxygen atoms in total. The maximum Gasteiger partial charge on any atom is 0.327 e. The molecule has 4 atom stereocenters. The van der Waals surface area contributed by atoms with Crippen molar-refractivity contribution in [3.63, 3.8) is 0 Å². The van der Waals surface area contributed by atoms with Crippen LogP contribution in [0, 0.1) is 11.8 Å². The third-order valence-electron chi connectivity index (χ3n) is 5.11. The number of methoxy groups -OCH3 is 2. The van der Waals surface area contributed by atoms with Crippen molar-refractivity contribution in [1.29, 1.82) is 0 Å². The zero-order chi connectivity index (χ0) is 16.1. The first-order valence-electron chi connectivity index (χ1n) is 7.24. The first kappa shape index (κ1) is 15.0. The molecule has 2 amide bonds. The van der Waals surface area contributed by atoms with Crippen LogP contribution in [0.4, 0.5) is 0 Å². The number of esters is 2. The quantitative estimate of drug-likeness (QED) is 0.517. The molecule has 3 saturated heterocycles. The molecule has 120 valence electrons. The number of carbonyl (C=O) groups is 4. The van der Waals surface area contributed by atoms with Crippen LogP contribution in [-0.4, -0.2) is 61.0 Å². The normalized spacial score (nSPS) is 36.7. The molecule has 0 unspecified atom stereocenters. The molecule has 0 bridgehead atoms. The summed E-state index contributed by atoms with van der Waals surface area (Å²) in [6, 6.07) is -0.222. The fourth-order valence-electron chi connectivity index (χ4n) is 4.34. The van der Waals surface area contributed by atoms with E-state index in [0.717, 1.165) is 6.42 Å². The number of rotatable bonds is 3. The Labute approximate surface area is 127 Å². The Morgan fingerprint density at radius 1 is 1.27 bits per heavy atom. The van der Waals surface area contributed by atoms with E-state index in [1.165, 1.54) is 14.2 Å². The van der Waals surface area contributed by atoms with Gasteiger partial charge in [0.15, 0.2) is 0 Å². The molecule has 0 aliphatic carbocycles. The number of hydrogen-bond donors (Lipinski definition) is 1. The Kier molecular flexibility index (Phi) is 3.43. The van der Waals surface area contributed by atoms with Gasteiger partial charge < -0.3 is 9.47 Å². The van der Waals surface area contributed by atoms with Gasteiger partial charge in [0.1, 0.15) is 5.54 Å². The fraction of sp³-hybridized carbons (Fsp3) is 0.714. The van der Waals surface area contributed by atoms with E-state index in [1.54, 1.807) is 0 Å². The minimum Gasteiger partial charge on any atom is -0.469 e. The third-order valence-corrected chi connectivity index (χ3v) is 5.11. The summed E-state index contributed by atoms with van der Waals surface area (Å²) in [6.07, 6.45) is 1.21. The summed E-state index contributed by atoms with van der Waals surface area (Å²) in [5, 5.41) is 2.29. The van der Waals surface area contributed by atoms with Gasteiger partial charge in [0, 0.05) is 6.04 Å². The SMILES string of the molecule is COC(=O)C[C@@]1(C(=O)OC)[C@H]2C(=O)NC(=O)[C@H]2[C@H]2CCCN21. The average Bonchev–Trinajstić information content (AvgIpc) is 3.13. The lowest BCUT2D eigenvalue weighted by Gasteiger charge is -2.37. The summed E-state index contributed by atoms with van der Waals surface area (Å²) in [6.45, 7) is 0.546. The summed E-state index contributed by atoms with van der Waals surface area (Å²) in [4.78, 5) is 50.7. The van der Waals surface area contributed by atoms with Crippen molar-refractivity contribution in [3.8, 4) is 0 Å². The first-order chi connectivity index (χ1) is 10.5. The maximum atomic E-state index is 12.6. The summed E-state index contributed by atoms with van der Waals surface area (Å²) in [5.74, 6) is -3.68. The number of nitrogens with one attached hydrogen (secondary N) is 1. The van der Waals surface area contributed by atoms with Gasteiger partial charge in [-0.15, -0.1) is 0 Å². The fourth-order valence-corrected chi connectivity index (χ4v) is 4.34. The van der Waals surface area contributed by atoms with Crippen molar-refractivity contribution in [2.75, 3.05) is 20.8 Å². The molecule has 0 aromatic rings. The Bertz CT molecular complexity index is 562. The van der Waals surface area contributed by atoms with Gasteiger partial charge in [0.2, 0.25) is 11.8 Å². The molecule has 0 saturated carbocycles. The molecule has 3 aliphatic rings. The highest BCUT2D eigenvalue weighted by atomic mass is 16.5. The van der Waals surface area contributed by atoms with Gasteiger partial charge in [-0.3, -0.25) is 29.4 Å². The molecule has 3 rings (SSSR count). The van der Waals surface area contributed by atoms with Crippen molar-refractivity contribution >= 4 is 23.8 Å². The maximum absolute atomic E-state index is 12.6. The first-order valence-corrected chi connectivity index (χ1v) is 7.24. The second-order valence-corrected chi connectivity index (χ2v) is 5.93. The van der Waals surface area contributed by atoms with Gasteiger partial charge in [-0.1, -0.05) is 0 Å². The molecule has 3 aliphatic heterocycles. The van der Waals surface area contributed by atoms with Crippen LogP contribution < -0.4 is 5.32 Å². The Balaban J connectivity index is 2.12. The van der Waals surface area contributed by atoms with Crippen LogP contribution in [0.5, 0.6) is 0 Å². The number of ether oxygens (including phenoxy) is 2. The standard InChI is InChI=1S/C14H18N2O6/c1-21-8(17)6-14(13(20)22-2)10-9(11(18)15-12(10)19)7-4-3-5-16(7)14/h7,9-10H,3-6H2,1-2H3,(H,15,18,19)/t7-,9+,10-,14+/m1/s1. The van der Waals surface area contributed by atoms with E-state index in [4.69, 9.17) is 9.47 Å². The van der Waals surface area contributed by atoms with Crippen molar-refractivity contribution in [3.05, 3.63) is 0 Å². The van der Waals surface area contributed by atoms with Crippen LogP contribution >= 0.6 is 0 Å². The number of amides is 2. The number of imide groups is 1. The van der Waals surface area contributed by atoms with Gasteiger partial charge in [0.25, 0.3) is 0 Å². The van der Waals surface area contributed by atoms with Gasteiger partial charge >= 0.3 is 11.9 Å². The van der Waals surface area contributed by atoms with E-state index in [9.17, 15) is 19.2 Å². The highest BCUT2D eigenvalue weighted by Gasteiger charge is 2.71. The average molecular weight is 310 g/mol. The van der Waals surface area contributed by atoms with Gasteiger partial charge in [-0.2, -0.15) is 0 Å². The lowest BCUT2D eigenvalue weighted by atomic mass is 9.77. The van der Waals surface area contributed by atoms with E-state index in [2.05, 4.69) is 5.32 Å². The third kappa shape index (κ3) is 1.73. The Hall–Kier alpha value is -1.96. The monoisotopic (exact) mass is 310 g/mol. The molecule has 3 heterocycles. The van der Waals surface area contributed by atoms with Crippen LogP contribution in [0.15, 0.2) is 0 Å². The van der Waals surface area contributed by atoms with E-state index < -0.39 is 35.2 Å². The van der Waals surface area contributed by atoms with Crippen LogP contribution in [0.1, 0.15) is 19.3 Å². The summed E-state index contributed by atoms with van der Waals surface area (Å²) >= 11 is 0. The van der Waals surface area contributed by atoms with E-state index in [0.29, 0.717) is 13.0 Å². The molecular weight excluding hydrogens is 292 g/mol. The largest absolute Gasteiger partial charge is 0.469 e. The zero-order valence-corrected chi connectivity index (χ0v) is 12.5. The topological polar surface area (TPSA) is 102 Å². The van der Waals surface area contributed by atoms with Gasteiger partial charge in [-0.25, -0.2) is 0 Å². The molecule has 0 aromatic heterocycles. The van der Waals surface area contributed by atoms with E-state index >= 15 is 0 Å². The smallest absolute Gasteiger partial charge is 0.327 e. The molecule has 22 heavy (non-hydrogen) atoms. The molecule has 1 N–H and O–H groups in total. The summed E-state index contributed by atoms with van der Waals surface area (Å²) in [5.41, 5.74) is -1.45. The van der Waals surface area contributed by atoms with Crippen molar-refractivity contribution < 1.29 is 28.7 Å². The number of fused-ring (bicyclic) bond motifs is 3. The van der Waals surface area contributed by atoms with Crippen LogP contribution in [0.3, 0.4) is 0 Å². The van der Waals surface area contributed by atoms with Crippen molar-refractivity contribution in [2.24, 2.45) is 11.8 Å². The lowest BCUT2D eigenvalue weighted by Crippen LogP contribution is -2.59. The summed E-state index contributed by atoms with van der Waals surface area (Å²) < 4.78 is 9.60. The summed E-state index contributed by atoms with van der Waals surface area (Å²) in [7, 11) is 2.44. The number of carbonyl (C=O) groups excluding carboxylic acids is 4. The van der Waals surface area contributed by atoms with Crippen molar-refractivity contribution in [2.45, 2.75) is 30.8 Å². The minimum absolute atomic E-state index is 0.222. The molecular formula is C14H18N2O6. The van der Waals surface area contributed by atoms with E-state index in [1.807, 2.05) is 4.90 Å². The number of nitrogens with zero attached hydrogens (tertiary/aromatic N) is 1. The Morgan fingerprint density at radius 2 is 2.00 bits per heavy atom. The minimum atomic E-state index is -1.45. The van der Waals surface area contributed by atoms with Crippen LogP contribution in [-0.2, 0) is 28.7 Å². The van der Waals surface area contributed by atoms with Gasteiger partial charge in [0.05, 0.1) is 32.5 Å². The van der Waals surface area contributed by atoms with Crippen LogP contribution in [0.25, 0.3) is 0 Å². The second kappa shape index (κ2) is 5.05. The lowest BCUT2D eigenvalue weighted by molar-refractivity contribution is -0.164. The molecule has 0 spiro atoms. The molecule has 8 heteroatoms. The highest BCUT2D eigenvalue weighted by molar-refractivity contribution is 6.10. The molecule has 0 aromatic carbocycles. The zero-order valence-electron chi connectivity index (χ0n) is 12.5. The molecule has 3 fully saturated rings. The van der Waals surface area contributed by atoms with Crippen molar-refractivity contribution in [1.82, 2.24) is 10.2 Å². The van der Waals surface area contributed by atoms with E-state index in [-0.39, 0.29) is 18.4 Å². The number of hydrogen-bond acceptors (Lipinski definition) is 7. The predicted molar refractivity (Wildman–Crippen MR) is 71.2 cm³/mol. The van der Waals surface area contributed by atoms with Crippen LogP contribution in [0.2, 0.25) is 0 Å². The molecule has 0 radical (unpaired) electrons.